The van der Waals surface area contributed by atoms with Crippen molar-refractivity contribution in [3.63, 3.8) is 0 Å². The van der Waals surface area contributed by atoms with Crippen LogP contribution in [-0.4, -0.2) is 12.6 Å². The van der Waals surface area contributed by atoms with Gasteiger partial charge in [0.15, 0.2) is 0 Å². The van der Waals surface area contributed by atoms with E-state index in [-0.39, 0.29) is 0 Å². The normalized spacial score (nSPS) is 13.7. The Balaban J connectivity index is 3.55. The molecule has 0 spiro atoms. The van der Waals surface area contributed by atoms with Gasteiger partial charge in [-0.05, 0) is 38.1 Å². The van der Waals surface area contributed by atoms with E-state index in [4.69, 9.17) is 0 Å². The number of nitrogens with one attached hydrogen (secondary N) is 1. The largest absolute Gasteiger partial charge is 0.314 e. The summed E-state index contributed by atoms with van der Waals surface area (Å²) in [6.45, 7) is 12.9. The van der Waals surface area contributed by atoms with Crippen LogP contribution in [0, 0.1) is 5.41 Å². The third-order valence-corrected chi connectivity index (χ3v) is 4.06. The fraction of sp³-hybridized carbons (Fsp3) is 1.00. The molecule has 0 fully saturated rings. The maximum Gasteiger partial charge on any atom is 0.00438 e. The molecule has 0 aliphatic rings. The van der Waals surface area contributed by atoms with E-state index in [1.165, 1.54) is 64.2 Å². The van der Waals surface area contributed by atoms with Crippen LogP contribution in [0.4, 0.5) is 0 Å². The first-order valence-electron chi connectivity index (χ1n) is 8.75. The van der Waals surface area contributed by atoms with Crippen molar-refractivity contribution in [2.75, 3.05) is 6.54 Å². The lowest BCUT2D eigenvalue weighted by Gasteiger charge is -2.28. The van der Waals surface area contributed by atoms with E-state index >= 15 is 0 Å². The summed E-state index contributed by atoms with van der Waals surface area (Å²) in [5, 5.41) is 3.61. The van der Waals surface area contributed by atoms with E-state index < -0.39 is 0 Å². The van der Waals surface area contributed by atoms with Crippen molar-refractivity contribution in [3.8, 4) is 0 Å². The Kier molecular flexibility index (Phi) is 11.7. The molecule has 0 aromatic carbocycles. The average Bonchev–Trinajstić information content (AvgIpc) is 2.34. The lowest BCUT2D eigenvalue weighted by Crippen LogP contribution is -2.31. The van der Waals surface area contributed by atoms with E-state index in [2.05, 4.69) is 39.9 Å². The molecule has 19 heavy (non-hydrogen) atoms. The Morgan fingerprint density at radius 2 is 1.42 bits per heavy atom. The summed E-state index contributed by atoms with van der Waals surface area (Å²) in [7, 11) is 0. The van der Waals surface area contributed by atoms with Gasteiger partial charge in [0.1, 0.15) is 0 Å². The van der Waals surface area contributed by atoms with Gasteiger partial charge in [0, 0.05) is 6.04 Å². The Morgan fingerprint density at radius 1 is 0.842 bits per heavy atom. The van der Waals surface area contributed by atoms with Crippen molar-refractivity contribution in [1.82, 2.24) is 5.32 Å². The molecule has 0 saturated carbocycles. The zero-order valence-corrected chi connectivity index (χ0v) is 14.4. The molecule has 0 heterocycles. The predicted molar refractivity (Wildman–Crippen MR) is 88.8 cm³/mol. The van der Waals surface area contributed by atoms with Crippen molar-refractivity contribution in [3.05, 3.63) is 0 Å². The van der Waals surface area contributed by atoms with Crippen LogP contribution in [0.3, 0.4) is 0 Å². The summed E-state index contributed by atoms with van der Waals surface area (Å²) >= 11 is 0. The van der Waals surface area contributed by atoms with Gasteiger partial charge in [-0.15, -0.1) is 0 Å². The smallest absolute Gasteiger partial charge is 0.00438 e. The van der Waals surface area contributed by atoms with E-state index in [1.807, 2.05) is 0 Å². The molecule has 0 amide bonds. The molecule has 1 nitrogen and oxygen atoms in total. The second-order valence-electron chi connectivity index (χ2n) is 7.09. The van der Waals surface area contributed by atoms with Gasteiger partial charge in [0.05, 0.1) is 0 Å². The first kappa shape index (κ1) is 19.0. The lowest BCUT2D eigenvalue weighted by atomic mass is 9.81. The van der Waals surface area contributed by atoms with E-state index in [1.54, 1.807) is 0 Å². The molecule has 0 aromatic heterocycles. The minimum atomic E-state index is 0.504. The topological polar surface area (TPSA) is 12.0 Å². The Labute approximate surface area is 122 Å². The van der Waals surface area contributed by atoms with Crippen molar-refractivity contribution in [1.29, 1.82) is 0 Å². The first-order chi connectivity index (χ1) is 9.02. The van der Waals surface area contributed by atoms with Crippen LogP contribution in [0.5, 0.6) is 0 Å². The minimum Gasteiger partial charge on any atom is -0.314 e. The zero-order valence-electron chi connectivity index (χ0n) is 14.4. The molecule has 116 valence electrons. The quantitative estimate of drug-likeness (QED) is 0.408. The first-order valence-corrected chi connectivity index (χ1v) is 8.75. The van der Waals surface area contributed by atoms with E-state index in [9.17, 15) is 0 Å². The summed E-state index contributed by atoms with van der Waals surface area (Å²) in [4.78, 5) is 0. The Bertz CT molecular complexity index is 186. The highest BCUT2D eigenvalue weighted by molar-refractivity contribution is 4.75. The van der Waals surface area contributed by atoms with Gasteiger partial charge in [0.2, 0.25) is 0 Å². The van der Waals surface area contributed by atoms with Gasteiger partial charge in [-0.25, -0.2) is 0 Å². The van der Waals surface area contributed by atoms with Gasteiger partial charge in [-0.1, -0.05) is 72.6 Å². The van der Waals surface area contributed by atoms with Crippen molar-refractivity contribution in [2.24, 2.45) is 5.41 Å². The standard InChI is InChI=1S/C18H39N/c1-6-8-9-10-11-12-13-14-18(4,5)16-17(3)19-15-7-2/h17,19H,6-16H2,1-5H3. The highest BCUT2D eigenvalue weighted by Gasteiger charge is 2.20. The molecule has 0 saturated heterocycles. The summed E-state index contributed by atoms with van der Waals surface area (Å²) < 4.78 is 0. The summed E-state index contributed by atoms with van der Waals surface area (Å²) in [5.74, 6) is 0. The molecule has 1 atom stereocenters. The van der Waals surface area contributed by atoms with Crippen molar-refractivity contribution < 1.29 is 0 Å². The number of rotatable bonds is 13. The lowest BCUT2D eigenvalue weighted by molar-refractivity contribution is 0.259. The maximum absolute atomic E-state index is 3.61. The second-order valence-corrected chi connectivity index (χ2v) is 7.09. The molecule has 0 aliphatic carbocycles. The van der Waals surface area contributed by atoms with Crippen LogP contribution < -0.4 is 5.32 Å². The molecule has 0 aliphatic heterocycles. The Morgan fingerprint density at radius 3 is 2.00 bits per heavy atom. The molecule has 1 N–H and O–H groups in total. The van der Waals surface area contributed by atoms with Crippen LogP contribution in [0.2, 0.25) is 0 Å². The number of unbranched alkanes of at least 4 members (excludes halogenated alkanes) is 6. The van der Waals surface area contributed by atoms with Gasteiger partial charge in [-0.3, -0.25) is 0 Å². The molecule has 1 heteroatoms. The molecule has 0 bridgehead atoms. The summed E-state index contributed by atoms with van der Waals surface area (Å²) in [6, 6.07) is 0.666. The van der Waals surface area contributed by atoms with E-state index in [0.717, 1.165) is 6.54 Å². The van der Waals surface area contributed by atoms with Gasteiger partial charge >= 0.3 is 0 Å². The monoisotopic (exact) mass is 269 g/mol. The third kappa shape index (κ3) is 12.7. The Hall–Kier alpha value is -0.0400. The zero-order chi connectivity index (χ0) is 14.6. The fourth-order valence-electron chi connectivity index (χ4n) is 2.95. The van der Waals surface area contributed by atoms with Crippen LogP contribution in [0.25, 0.3) is 0 Å². The number of hydrogen-bond donors (Lipinski definition) is 1. The number of hydrogen-bond acceptors (Lipinski definition) is 1. The molecule has 0 aromatic rings. The summed E-state index contributed by atoms with van der Waals surface area (Å²) in [5.41, 5.74) is 0.504. The maximum atomic E-state index is 3.61. The van der Waals surface area contributed by atoms with Crippen LogP contribution in [0.1, 0.15) is 98.8 Å². The SMILES string of the molecule is CCCCCCCCCC(C)(C)CC(C)NCCC. The van der Waals surface area contributed by atoms with Gasteiger partial charge in [-0.2, -0.15) is 0 Å². The minimum absolute atomic E-state index is 0.504. The highest BCUT2D eigenvalue weighted by atomic mass is 14.9. The molecule has 0 radical (unpaired) electrons. The molecular formula is C18H39N. The fourth-order valence-corrected chi connectivity index (χ4v) is 2.95. The summed E-state index contributed by atoms with van der Waals surface area (Å²) in [6.07, 6.45) is 13.9. The molecular weight excluding hydrogens is 230 g/mol. The van der Waals surface area contributed by atoms with Crippen molar-refractivity contribution in [2.45, 2.75) is 105 Å². The molecule has 1 unspecified atom stereocenters. The van der Waals surface area contributed by atoms with Crippen LogP contribution in [-0.2, 0) is 0 Å². The molecule has 0 rings (SSSR count). The van der Waals surface area contributed by atoms with Crippen LogP contribution >= 0.6 is 0 Å². The average molecular weight is 270 g/mol. The van der Waals surface area contributed by atoms with E-state index in [0.29, 0.717) is 11.5 Å². The highest BCUT2D eigenvalue weighted by Crippen LogP contribution is 2.29. The van der Waals surface area contributed by atoms with Crippen LogP contribution in [0.15, 0.2) is 0 Å². The third-order valence-electron chi connectivity index (χ3n) is 4.06. The second kappa shape index (κ2) is 11.8. The predicted octanol–water partition coefficient (Wildman–Crippen LogP) is 5.93. The van der Waals surface area contributed by atoms with Gasteiger partial charge in [0.25, 0.3) is 0 Å². The van der Waals surface area contributed by atoms with Gasteiger partial charge < -0.3 is 5.32 Å². The van der Waals surface area contributed by atoms with Crippen molar-refractivity contribution >= 4 is 0 Å².